The Morgan fingerprint density at radius 1 is 0.329 bits per heavy atom. The van der Waals surface area contributed by atoms with Gasteiger partial charge in [0.1, 0.15) is 5.82 Å². The zero-order valence-electron chi connectivity index (χ0n) is 43.2. The smallest absolute Gasteiger partial charge is 0.399 e. The highest BCUT2D eigenvalue weighted by atomic mass is 16.7. The molecule has 1 aromatic heterocycles. The molecule has 0 radical (unpaired) electrons. The van der Waals surface area contributed by atoms with E-state index in [-0.39, 0.29) is 0 Å². The second-order valence-electron chi connectivity index (χ2n) is 20.3. The minimum atomic E-state index is -0.471. The molecule has 11 aromatic rings. The summed E-state index contributed by atoms with van der Waals surface area (Å²) >= 11 is 0. The summed E-state index contributed by atoms with van der Waals surface area (Å²) in [4.78, 5) is 10.2. The average molecular weight is 985 g/mol. The summed E-state index contributed by atoms with van der Waals surface area (Å²) in [5.41, 5.74) is 17.1. The lowest BCUT2D eigenvalue weighted by molar-refractivity contribution is 0.00578. The molecule has 0 N–H and O–H groups in total. The van der Waals surface area contributed by atoms with Crippen molar-refractivity contribution in [2.75, 3.05) is 9.80 Å². The van der Waals surface area contributed by atoms with Crippen LogP contribution in [0.2, 0.25) is 0 Å². The van der Waals surface area contributed by atoms with Gasteiger partial charge >= 0.3 is 7.12 Å². The molecule has 1 aliphatic rings. The van der Waals surface area contributed by atoms with Crippen LogP contribution in [-0.2, 0) is 9.31 Å². The fraction of sp³-hybridized carbons (Fsp3) is 0.0870. The van der Waals surface area contributed by atoms with E-state index in [0.717, 1.165) is 101 Å². The molecule has 1 aliphatic heterocycles. The predicted octanol–water partition coefficient (Wildman–Crippen LogP) is 17.4. The van der Waals surface area contributed by atoms with E-state index in [0.29, 0.717) is 0 Å². The highest BCUT2D eigenvalue weighted by molar-refractivity contribution is 6.62. The molecule has 0 saturated carbocycles. The standard InChI is InChI=1S/C69H57BN4O2/c1-68(2)69(3,4)76-70(75-68)57-44-38-56(39-45-57)67-71-65(54-34-30-50(31-35-54)52-40-46-63(47-41-52)72(58-20-10-5-11-21-58)59-22-12-6-13-23-59)66(74(67)62-28-18-9-19-29-62)55-36-32-51(33-37-55)53-42-48-64(49-43-53)73(60-24-14-7-15-25-60)61-26-16-8-17-27-61/h5-49H,1-4H3. The highest BCUT2D eigenvalue weighted by Gasteiger charge is 2.51. The summed E-state index contributed by atoms with van der Waals surface area (Å²) in [5, 5.41) is 0. The molecule has 0 amide bonds. The number of hydrogen-bond acceptors (Lipinski definition) is 5. The lowest BCUT2D eigenvalue weighted by Crippen LogP contribution is -2.41. The van der Waals surface area contributed by atoms with Gasteiger partial charge in [0, 0.05) is 56.5 Å². The van der Waals surface area contributed by atoms with Gasteiger partial charge in [-0.3, -0.25) is 4.57 Å². The van der Waals surface area contributed by atoms with Gasteiger partial charge in [0.2, 0.25) is 0 Å². The van der Waals surface area contributed by atoms with Gasteiger partial charge in [-0.1, -0.05) is 188 Å². The topological polar surface area (TPSA) is 42.8 Å². The maximum atomic E-state index is 6.47. The van der Waals surface area contributed by atoms with Crippen LogP contribution >= 0.6 is 0 Å². The molecule has 6 nitrogen and oxygen atoms in total. The molecule has 76 heavy (non-hydrogen) atoms. The molecule has 368 valence electrons. The number of nitrogens with zero attached hydrogens (tertiary/aromatic N) is 4. The molecule has 1 saturated heterocycles. The fourth-order valence-corrected chi connectivity index (χ4v) is 10.1. The van der Waals surface area contributed by atoms with Crippen LogP contribution in [0.3, 0.4) is 0 Å². The first-order valence-corrected chi connectivity index (χ1v) is 26.0. The highest BCUT2D eigenvalue weighted by Crippen LogP contribution is 2.42. The first-order chi connectivity index (χ1) is 37.2. The summed E-state index contributed by atoms with van der Waals surface area (Å²) in [6, 6.07) is 96.6. The second kappa shape index (κ2) is 20.4. The van der Waals surface area contributed by atoms with Crippen molar-refractivity contribution >= 4 is 46.7 Å². The van der Waals surface area contributed by atoms with Crippen molar-refractivity contribution < 1.29 is 9.31 Å². The fourth-order valence-electron chi connectivity index (χ4n) is 10.1. The first kappa shape index (κ1) is 48.0. The molecule has 0 spiro atoms. The van der Waals surface area contributed by atoms with Crippen molar-refractivity contribution in [2.45, 2.75) is 38.9 Å². The molecular weight excluding hydrogens is 928 g/mol. The average Bonchev–Trinajstić information content (AvgIpc) is 4.03. The maximum absolute atomic E-state index is 6.47. The number of hydrogen-bond donors (Lipinski definition) is 0. The van der Waals surface area contributed by atoms with Crippen LogP contribution in [-0.4, -0.2) is 27.9 Å². The third-order valence-corrected chi connectivity index (χ3v) is 14.9. The maximum Gasteiger partial charge on any atom is 0.494 e. The van der Waals surface area contributed by atoms with Crippen LogP contribution in [0.1, 0.15) is 27.7 Å². The van der Waals surface area contributed by atoms with Crippen molar-refractivity contribution in [2.24, 2.45) is 0 Å². The van der Waals surface area contributed by atoms with Gasteiger partial charge in [0.25, 0.3) is 0 Å². The first-order valence-electron chi connectivity index (χ1n) is 26.0. The van der Waals surface area contributed by atoms with Gasteiger partial charge in [-0.05, 0) is 140 Å². The third kappa shape index (κ3) is 9.43. The van der Waals surface area contributed by atoms with Crippen LogP contribution in [0, 0.1) is 0 Å². The largest absolute Gasteiger partial charge is 0.494 e. The van der Waals surface area contributed by atoms with E-state index in [1.807, 2.05) is 0 Å². The molecule has 7 heteroatoms. The number of para-hydroxylation sites is 5. The quantitative estimate of drug-likeness (QED) is 0.108. The SMILES string of the molecule is CC1(C)OB(c2ccc(-c3nc(-c4ccc(-c5ccc(N(c6ccccc6)c6ccccc6)cc5)cc4)c(-c4ccc(-c5ccc(N(c6ccccc6)c6ccccc6)cc5)cc4)n3-c3ccccc3)cc2)OC1(C)C. The summed E-state index contributed by atoms with van der Waals surface area (Å²) in [6.45, 7) is 8.35. The summed E-state index contributed by atoms with van der Waals surface area (Å²) in [5.74, 6) is 0.832. The predicted molar refractivity (Wildman–Crippen MR) is 316 cm³/mol. The lowest BCUT2D eigenvalue weighted by atomic mass is 9.79. The summed E-state index contributed by atoms with van der Waals surface area (Å²) < 4.78 is 15.2. The Kier molecular flexibility index (Phi) is 12.9. The van der Waals surface area contributed by atoms with Crippen LogP contribution in [0.5, 0.6) is 0 Å². The number of imidazole rings is 1. The van der Waals surface area contributed by atoms with Crippen molar-refractivity contribution in [1.82, 2.24) is 9.55 Å². The van der Waals surface area contributed by atoms with Crippen molar-refractivity contribution in [3.05, 3.63) is 273 Å². The molecule has 0 atom stereocenters. The molecular formula is C69H57BN4O2. The van der Waals surface area contributed by atoms with Crippen LogP contribution in [0.4, 0.5) is 34.1 Å². The van der Waals surface area contributed by atoms with E-state index >= 15 is 0 Å². The Morgan fingerprint density at radius 3 is 1.01 bits per heavy atom. The normalized spacial score (nSPS) is 13.6. The zero-order chi connectivity index (χ0) is 51.6. The monoisotopic (exact) mass is 984 g/mol. The zero-order valence-corrected chi connectivity index (χ0v) is 43.2. The number of benzene rings is 10. The Labute approximate surface area is 446 Å². The van der Waals surface area contributed by atoms with Gasteiger partial charge in [-0.15, -0.1) is 0 Å². The van der Waals surface area contributed by atoms with Gasteiger partial charge in [-0.2, -0.15) is 0 Å². The molecule has 0 bridgehead atoms. The van der Waals surface area contributed by atoms with E-state index in [1.54, 1.807) is 0 Å². The van der Waals surface area contributed by atoms with Crippen LogP contribution in [0.15, 0.2) is 273 Å². The van der Waals surface area contributed by atoms with Crippen molar-refractivity contribution in [1.29, 1.82) is 0 Å². The Bertz CT molecular complexity index is 3610. The third-order valence-electron chi connectivity index (χ3n) is 14.9. The Morgan fingerprint density at radius 2 is 0.632 bits per heavy atom. The number of rotatable bonds is 13. The minimum Gasteiger partial charge on any atom is -0.399 e. The molecule has 0 aliphatic carbocycles. The molecule has 0 unspecified atom stereocenters. The second-order valence-corrected chi connectivity index (χ2v) is 20.3. The van der Waals surface area contributed by atoms with Crippen molar-refractivity contribution in [3.63, 3.8) is 0 Å². The number of anilines is 6. The van der Waals surface area contributed by atoms with Gasteiger partial charge < -0.3 is 19.1 Å². The van der Waals surface area contributed by atoms with Gasteiger partial charge in [0.05, 0.1) is 22.6 Å². The molecule has 2 heterocycles. The van der Waals surface area contributed by atoms with Crippen molar-refractivity contribution in [3.8, 4) is 61.8 Å². The van der Waals surface area contributed by atoms with E-state index < -0.39 is 18.3 Å². The minimum absolute atomic E-state index is 0.445. The van der Waals surface area contributed by atoms with Crippen LogP contribution < -0.4 is 15.3 Å². The van der Waals surface area contributed by atoms with Gasteiger partial charge in [-0.25, -0.2) is 4.98 Å². The van der Waals surface area contributed by atoms with Gasteiger partial charge in [0.15, 0.2) is 0 Å². The van der Waals surface area contributed by atoms with E-state index in [1.165, 1.54) is 0 Å². The number of aromatic nitrogens is 2. The summed E-state index contributed by atoms with van der Waals surface area (Å²) in [6.07, 6.45) is 0. The molecule has 1 fully saturated rings. The van der Waals surface area contributed by atoms with E-state index in [2.05, 4.69) is 315 Å². The Balaban J connectivity index is 0.924. The molecule has 10 aromatic carbocycles. The lowest BCUT2D eigenvalue weighted by Gasteiger charge is -2.32. The van der Waals surface area contributed by atoms with E-state index in [9.17, 15) is 0 Å². The summed E-state index contributed by atoms with van der Waals surface area (Å²) in [7, 11) is -0.471. The van der Waals surface area contributed by atoms with Crippen LogP contribution in [0.25, 0.3) is 61.8 Å². The molecule has 12 rings (SSSR count). The van der Waals surface area contributed by atoms with E-state index in [4.69, 9.17) is 14.3 Å². The Hall–Kier alpha value is -9.01.